The van der Waals surface area contributed by atoms with Crippen molar-refractivity contribution in [2.24, 2.45) is 5.92 Å². The van der Waals surface area contributed by atoms with Gasteiger partial charge in [-0.25, -0.2) is 4.68 Å². The molecule has 0 bridgehead atoms. The fraction of sp³-hybridized carbons (Fsp3) is 0.400. The fourth-order valence-corrected chi connectivity index (χ4v) is 2.05. The standard InChI is InChI=1S/C15H18N4O/c20-15-9-14(17-10-12-4-5-12)11-18-19(15)8-6-13-3-1-2-7-16-13/h1-3,7,9,11-12,17H,4-6,8,10H2. The van der Waals surface area contributed by atoms with Crippen LogP contribution in [0.3, 0.4) is 0 Å². The lowest BCUT2D eigenvalue weighted by atomic mass is 10.3. The summed E-state index contributed by atoms with van der Waals surface area (Å²) in [6.45, 7) is 1.50. The van der Waals surface area contributed by atoms with Gasteiger partial charge in [0.2, 0.25) is 0 Å². The number of hydrogen-bond acceptors (Lipinski definition) is 4. The van der Waals surface area contributed by atoms with Crippen LogP contribution in [-0.2, 0) is 13.0 Å². The van der Waals surface area contributed by atoms with Crippen molar-refractivity contribution >= 4 is 5.69 Å². The second kappa shape index (κ2) is 5.86. The molecule has 0 aromatic carbocycles. The number of pyridine rings is 1. The molecule has 2 aromatic heterocycles. The molecule has 1 aliphatic carbocycles. The monoisotopic (exact) mass is 270 g/mol. The van der Waals surface area contributed by atoms with Crippen LogP contribution in [0.15, 0.2) is 41.5 Å². The third-order valence-corrected chi connectivity index (χ3v) is 3.47. The largest absolute Gasteiger partial charge is 0.383 e. The van der Waals surface area contributed by atoms with Crippen LogP contribution in [0.5, 0.6) is 0 Å². The van der Waals surface area contributed by atoms with Crippen molar-refractivity contribution in [3.63, 3.8) is 0 Å². The number of anilines is 1. The van der Waals surface area contributed by atoms with E-state index in [-0.39, 0.29) is 5.56 Å². The van der Waals surface area contributed by atoms with Crippen molar-refractivity contribution in [2.45, 2.75) is 25.8 Å². The van der Waals surface area contributed by atoms with Crippen molar-refractivity contribution < 1.29 is 0 Å². The molecule has 0 aliphatic heterocycles. The number of nitrogens with one attached hydrogen (secondary N) is 1. The first-order chi connectivity index (χ1) is 9.81. The van der Waals surface area contributed by atoms with E-state index in [1.807, 2.05) is 18.2 Å². The molecule has 1 aliphatic rings. The van der Waals surface area contributed by atoms with Gasteiger partial charge in [-0.1, -0.05) is 6.07 Å². The van der Waals surface area contributed by atoms with Gasteiger partial charge in [-0.2, -0.15) is 5.10 Å². The Bertz CT molecular complexity index is 619. The summed E-state index contributed by atoms with van der Waals surface area (Å²) in [7, 11) is 0. The zero-order valence-electron chi connectivity index (χ0n) is 11.3. The Morgan fingerprint density at radius 1 is 1.35 bits per heavy atom. The Labute approximate surface area is 117 Å². The molecule has 3 rings (SSSR count). The minimum absolute atomic E-state index is 0.0678. The first kappa shape index (κ1) is 12.8. The van der Waals surface area contributed by atoms with E-state index >= 15 is 0 Å². The van der Waals surface area contributed by atoms with Crippen LogP contribution in [0, 0.1) is 5.92 Å². The SMILES string of the molecule is O=c1cc(NCC2CC2)cnn1CCc1ccccn1. The number of aryl methyl sites for hydroxylation is 2. The smallest absolute Gasteiger partial charge is 0.268 e. The Balaban J connectivity index is 1.60. The summed E-state index contributed by atoms with van der Waals surface area (Å²) in [6, 6.07) is 7.40. The molecule has 0 saturated heterocycles. The molecule has 5 nitrogen and oxygen atoms in total. The molecule has 0 atom stereocenters. The number of rotatable bonds is 6. The molecule has 0 unspecified atom stereocenters. The van der Waals surface area contributed by atoms with E-state index in [2.05, 4.69) is 15.4 Å². The zero-order chi connectivity index (χ0) is 13.8. The fourth-order valence-electron chi connectivity index (χ4n) is 2.05. The van der Waals surface area contributed by atoms with Crippen LogP contribution < -0.4 is 10.9 Å². The van der Waals surface area contributed by atoms with Gasteiger partial charge in [0.25, 0.3) is 5.56 Å². The second-order valence-corrected chi connectivity index (χ2v) is 5.20. The van der Waals surface area contributed by atoms with E-state index in [0.29, 0.717) is 13.0 Å². The Hall–Kier alpha value is -2.17. The van der Waals surface area contributed by atoms with E-state index in [9.17, 15) is 4.79 Å². The predicted molar refractivity (Wildman–Crippen MR) is 77.7 cm³/mol. The van der Waals surface area contributed by atoms with Crippen molar-refractivity contribution in [1.82, 2.24) is 14.8 Å². The van der Waals surface area contributed by atoms with Gasteiger partial charge in [0.05, 0.1) is 18.4 Å². The topological polar surface area (TPSA) is 59.8 Å². The van der Waals surface area contributed by atoms with Crippen molar-refractivity contribution in [3.05, 3.63) is 52.7 Å². The van der Waals surface area contributed by atoms with E-state index in [0.717, 1.165) is 23.8 Å². The van der Waals surface area contributed by atoms with Gasteiger partial charge in [0.1, 0.15) is 0 Å². The summed E-state index contributed by atoms with van der Waals surface area (Å²) >= 11 is 0. The summed E-state index contributed by atoms with van der Waals surface area (Å²) < 4.78 is 1.48. The normalized spacial score (nSPS) is 14.2. The molecule has 1 saturated carbocycles. The summed E-state index contributed by atoms with van der Waals surface area (Å²) in [6.07, 6.45) is 6.78. The molecule has 0 radical (unpaired) electrons. The van der Waals surface area contributed by atoms with Crippen LogP contribution in [0.25, 0.3) is 0 Å². The maximum atomic E-state index is 12.0. The lowest BCUT2D eigenvalue weighted by Crippen LogP contribution is -2.24. The highest BCUT2D eigenvalue weighted by Crippen LogP contribution is 2.28. The Kier molecular flexibility index (Phi) is 3.76. The van der Waals surface area contributed by atoms with Crippen LogP contribution in [-0.4, -0.2) is 21.3 Å². The quantitative estimate of drug-likeness (QED) is 0.868. The lowest BCUT2D eigenvalue weighted by Gasteiger charge is -2.07. The molecule has 1 N–H and O–H groups in total. The van der Waals surface area contributed by atoms with Gasteiger partial charge < -0.3 is 5.32 Å². The van der Waals surface area contributed by atoms with Gasteiger partial charge >= 0.3 is 0 Å². The molecule has 0 amide bonds. The first-order valence-electron chi connectivity index (χ1n) is 7.02. The van der Waals surface area contributed by atoms with Gasteiger partial charge in [-0.3, -0.25) is 9.78 Å². The number of hydrogen-bond donors (Lipinski definition) is 1. The van der Waals surface area contributed by atoms with Gasteiger partial charge in [-0.05, 0) is 30.9 Å². The van der Waals surface area contributed by atoms with Crippen molar-refractivity contribution in [1.29, 1.82) is 0 Å². The third-order valence-electron chi connectivity index (χ3n) is 3.47. The minimum Gasteiger partial charge on any atom is -0.383 e. The average Bonchev–Trinajstić information content (AvgIpc) is 3.29. The Morgan fingerprint density at radius 2 is 2.25 bits per heavy atom. The van der Waals surface area contributed by atoms with E-state index < -0.39 is 0 Å². The summed E-state index contributed by atoms with van der Waals surface area (Å²) in [5, 5.41) is 7.47. The van der Waals surface area contributed by atoms with Crippen LogP contribution in [0.2, 0.25) is 0 Å². The highest BCUT2D eigenvalue weighted by Gasteiger charge is 2.20. The molecule has 20 heavy (non-hydrogen) atoms. The molecule has 5 heteroatoms. The average molecular weight is 270 g/mol. The van der Waals surface area contributed by atoms with Crippen LogP contribution in [0.1, 0.15) is 18.5 Å². The maximum Gasteiger partial charge on any atom is 0.268 e. The van der Waals surface area contributed by atoms with E-state index in [1.165, 1.54) is 17.5 Å². The van der Waals surface area contributed by atoms with E-state index in [4.69, 9.17) is 0 Å². The second-order valence-electron chi connectivity index (χ2n) is 5.20. The summed E-state index contributed by atoms with van der Waals surface area (Å²) in [5.41, 5.74) is 1.72. The van der Waals surface area contributed by atoms with Crippen molar-refractivity contribution in [2.75, 3.05) is 11.9 Å². The minimum atomic E-state index is -0.0678. The van der Waals surface area contributed by atoms with Crippen molar-refractivity contribution in [3.8, 4) is 0 Å². The lowest BCUT2D eigenvalue weighted by molar-refractivity contribution is 0.573. The highest BCUT2D eigenvalue weighted by atomic mass is 16.1. The predicted octanol–water partition coefficient (Wildman–Crippen LogP) is 1.70. The van der Waals surface area contributed by atoms with E-state index in [1.54, 1.807) is 18.5 Å². The molecule has 2 heterocycles. The maximum absolute atomic E-state index is 12.0. The Morgan fingerprint density at radius 3 is 2.95 bits per heavy atom. The van der Waals surface area contributed by atoms with Crippen LogP contribution >= 0.6 is 0 Å². The molecular formula is C15H18N4O. The molecule has 104 valence electrons. The third kappa shape index (κ3) is 3.44. The van der Waals surface area contributed by atoms with Gasteiger partial charge in [0.15, 0.2) is 0 Å². The summed E-state index contributed by atoms with van der Waals surface area (Å²) in [5.74, 6) is 0.779. The number of nitrogens with zero attached hydrogens (tertiary/aromatic N) is 3. The molecular weight excluding hydrogens is 252 g/mol. The zero-order valence-corrected chi connectivity index (χ0v) is 11.3. The molecule has 2 aromatic rings. The number of aromatic nitrogens is 3. The summed E-state index contributed by atoms with van der Waals surface area (Å²) in [4.78, 5) is 16.2. The van der Waals surface area contributed by atoms with Gasteiger partial charge in [-0.15, -0.1) is 0 Å². The van der Waals surface area contributed by atoms with Crippen LogP contribution in [0.4, 0.5) is 5.69 Å². The molecule has 1 fully saturated rings. The highest BCUT2D eigenvalue weighted by molar-refractivity contribution is 5.38. The first-order valence-corrected chi connectivity index (χ1v) is 7.02. The van der Waals surface area contributed by atoms with Gasteiger partial charge in [0, 0.05) is 30.9 Å². The molecule has 0 spiro atoms.